The highest BCUT2D eigenvalue weighted by molar-refractivity contribution is 5.76. The Balaban J connectivity index is 3.47. The Morgan fingerprint density at radius 3 is 0.855 bits per heavy atom. The fourth-order valence-corrected chi connectivity index (χ4v) is 10.5. The highest BCUT2D eigenvalue weighted by atomic mass is 16.3. The monoisotopic (exact) mass is 1060 g/mol. The van der Waals surface area contributed by atoms with E-state index in [1.165, 1.54) is 289 Å². The van der Waals surface area contributed by atoms with E-state index in [1.807, 2.05) is 6.08 Å². The van der Waals surface area contributed by atoms with E-state index in [4.69, 9.17) is 0 Å². The maximum absolute atomic E-state index is 12.5. The highest BCUT2D eigenvalue weighted by Gasteiger charge is 2.18. The van der Waals surface area contributed by atoms with E-state index in [0.29, 0.717) is 6.42 Å². The van der Waals surface area contributed by atoms with Crippen LogP contribution in [0.2, 0.25) is 0 Å². The summed E-state index contributed by atoms with van der Waals surface area (Å²) in [4.78, 5) is 12.5. The highest BCUT2D eigenvalue weighted by Crippen LogP contribution is 2.18. The summed E-state index contributed by atoms with van der Waals surface area (Å²) in [5, 5.41) is 23.2. The Bertz CT molecular complexity index is 1290. The average molecular weight is 1060 g/mol. The Labute approximate surface area is 476 Å². The third-order valence-corrected chi connectivity index (χ3v) is 15.6. The van der Waals surface area contributed by atoms with Crippen LogP contribution in [0.4, 0.5) is 0 Å². The molecule has 4 nitrogen and oxygen atoms in total. The van der Waals surface area contributed by atoms with Crippen LogP contribution in [0, 0.1) is 0 Å². The van der Waals surface area contributed by atoms with Crippen molar-refractivity contribution in [2.45, 2.75) is 373 Å². The lowest BCUT2D eigenvalue weighted by Gasteiger charge is -2.19. The normalized spacial score (nSPS) is 13.2. The number of aliphatic hydroxyl groups is 2. The van der Waals surface area contributed by atoms with E-state index < -0.39 is 12.1 Å². The maximum atomic E-state index is 12.5. The molecule has 1 amide bonds. The molecule has 0 bridgehead atoms. The minimum atomic E-state index is -0.873. The SMILES string of the molecule is CCCCCCC/C=C\C/C=C\C/C=C\CCCCCCCCCCCCCCCCCCCCCCCCCCC(=O)NC(CO)C(O)/C=C/CC/C=C/CC/C=C/CCCCCCCCCCCCCCCCC. The fourth-order valence-electron chi connectivity index (χ4n) is 10.5. The first-order valence-electron chi connectivity index (χ1n) is 34.2. The summed E-state index contributed by atoms with van der Waals surface area (Å²) in [6.45, 7) is 4.31. The van der Waals surface area contributed by atoms with Gasteiger partial charge in [-0.2, -0.15) is 0 Å². The molecule has 0 aromatic rings. The number of rotatable bonds is 63. The second-order valence-electron chi connectivity index (χ2n) is 23.2. The van der Waals surface area contributed by atoms with Gasteiger partial charge in [0.25, 0.3) is 0 Å². The van der Waals surface area contributed by atoms with Crippen molar-refractivity contribution in [1.29, 1.82) is 0 Å². The smallest absolute Gasteiger partial charge is 0.220 e. The largest absolute Gasteiger partial charge is 0.394 e. The van der Waals surface area contributed by atoms with Crippen LogP contribution in [0.1, 0.15) is 361 Å². The van der Waals surface area contributed by atoms with Gasteiger partial charge in [0.1, 0.15) is 0 Å². The van der Waals surface area contributed by atoms with E-state index >= 15 is 0 Å². The average Bonchev–Trinajstić information content (AvgIpc) is 3.42. The van der Waals surface area contributed by atoms with E-state index in [-0.39, 0.29) is 12.5 Å². The van der Waals surface area contributed by atoms with Crippen LogP contribution in [0.15, 0.2) is 72.9 Å². The molecule has 0 aromatic carbocycles. The molecule has 76 heavy (non-hydrogen) atoms. The van der Waals surface area contributed by atoms with E-state index in [1.54, 1.807) is 6.08 Å². The zero-order chi connectivity index (χ0) is 54.8. The van der Waals surface area contributed by atoms with Gasteiger partial charge >= 0.3 is 0 Å². The molecule has 0 radical (unpaired) electrons. The Kier molecular flexibility index (Phi) is 65.2. The lowest BCUT2D eigenvalue weighted by molar-refractivity contribution is -0.123. The van der Waals surface area contributed by atoms with Crippen LogP contribution in [0.3, 0.4) is 0 Å². The molecule has 444 valence electrons. The van der Waals surface area contributed by atoms with Gasteiger partial charge in [0.15, 0.2) is 0 Å². The predicted octanol–water partition coefficient (Wildman–Crippen LogP) is 23.3. The summed E-state index contributed by atoms with van der Waals surface area (Å²) < 4.78 is 0. The topological polar surface area (TPSA) is 69.6 Å². The van der Waals surface area contributed by atoms with Crippen molar-refractivity contribution < 1.29 is 15.0 Å². The number of carbonyl (C=O) groups excluding carboxylic acids is 1. The third-order valence-electron chi connectivity index (χ3n) is 15.6. The molecule has 4 heteroatoms. The number of unbranched alkanes of at least 4 members (excludes halogenated alkanes) is 46. The number of nitrogens with one attached hydrogen (secondary N) is 1. The lowest BCUT2D eigenvalue weighted by Crippen LogP contribution is -2.45. The van der Waals surface area contributed by atoms with Gasteiger partial charge in [-0.25, -0.2) is 0 Å². The predicted molar refractivity (Wildman–Crippen MR) is 341 cm³/mol. The van der Waals surface area contributed by atoms with Crippen molar-refractivity contribution in [3.05, 3.63) is 72.9 Å². The summed E-state index contributed by atoms with van der Waals surface area (Å²) in [5.74, 6) is -0.0727. The van der Waals surface area contributed by atoms with Crippen molar-refractivity contribution in [3.8, 4) is 0 Å². The molecule has 0 aromatic heterocycles. The molecule has 0 saturated carbocycles. The minimum absolute atomic E-state index is 0.0727. The second kappa shape index (κ2) is 67.1. The first-order chi connectivity index (χ1) is 37.7. The van der Waals surface area contributed by atoms with Gasteiger partial charge in [0, 0.05) is 6.42 Å². The van der Waals surface area contributed by atoms with Crippen LogP contribution in [-0.4, -0.2) is 34.9 Å². The fraction of sp³-hybridized carbons (Fsp3) is 0.819. The van der Waals surface area contributed by atoms with E-state index in [0.717, 1.165) is 51.4 Å². The number of hydrogen-bond acceptors (Lipinski definition) is 3. The van der Waals surface area contributed by atoms with Crippen molar-refractivity contribution in [1.82, 2.24) is 5.32 Å². The van der Waals surface area contributed by atoms with Crippen LogP contribution in [0.5, 0.6) is 0 Å². The van der Waals surface area contributed by atoms with Crippen LogP contribution in [0.25, 0.3) is 0 Å². The van der Waals surface area contributed by atoms with Crippen molar-refractivity contribution >= 4 is 5.91 Å². The lowest BCUT2D eigenvalue weighted by atomic mass is 10.0. The number of allylic oxidation sites excluding steroid dienone is 11. The first-order valence-corrected chi connectivity index (χ1v) is 34.2. The molecule has 0 spiro atoms. The Hall–Kier alpha value is -2.17. The van der Waals surface area contributed by atoms with Crippen molar-refractivity contribution in [3.63, 3.8) is 0 Å². The summed E-state index contributed by atoms with van der Waals surface area (Å²) >= 11 is 0. The van der Waals surface area contributed by atoms with Crippen molar-refractivity contribution in [2.24, 2.45) is 0 Å². The number of hydrogen-bond donors (Lipinski definition) is 3. The summed E-state index contributed by atoms with van der Waals surface area (Å²) in [7, 11) is 0. The van der Waals surface area contributed by atoms with Crippen LogP contribution >= 0.6 is 0 Å². The molecule has 0 rings (SSSR count). The standard InChI is InChI=1S/C72H133NO3/c1-3-5-7-9-11-13-15-17-19-21-23-25-27-29-30-31-32-33-34-35-36-37-38-39-40-41-42-44-46-48-50-52-54-56-58-60-62-64-66-68-72(76)73-70(69-74)71(75)67-65-63-61-59-57-55-53-51-49-47-45-43-28-26-24-22-20-18-16-14-12-10-8-6-4-2/h15,17,21,23,27,29,49,51,57,59,65,67,70-71,74-75H,3-14,16,18-20,22,24-26,28,30-48,50,52-56,58,60-64,66,68-69H2,1-2H3,(H,73,76)/b17-15-,23-21-,29-27-,51-49+,59-57+,67-65+. The molecule has 0 aliphatic heterocycles. The third kappa shape index (κ3) is 62.7. The van der Waals surface area contributed by atoms with E-state index in [2.05, 4.69) is 79.9 Å². The zero-order valence-electron chi connectivity index (χ0n) is 51.3. The summed E-state index contributed by atoms with van der Waals surface area (Å²) in [6.07, 6.45) is 97.0. The van der Waals surface area contributed by atoms with E-state index in [9.17, 15) is 15.0 Å². The van der Waals surface area contributed by atoms with Gasteiger partial charge in [-0.1, -0.05) is 344 Å². The van der Waals surface area contributed by atoms with Gasteiger partial charge in [-0.05, 0) is 83.5 Å². The number of carbonyl (C=O) groups is 1. The second-order valence-corrected chi connectivity index (χ2v) is 23.2. The number of aliphatic hydroxyl groups excluding tert-OH is 2. The molecule has 0 aliphatic rings. The molecule has 2 atom stereocenters. The maximum Gasteiger partial charge on any atom is 0.220 e. The Morgan fingerprint density at radius 2 is 0.553 bits per heavy atom. The number of amides is 1. The summed E-state index contributed by atoms with van der Waals surface area (Å²) in [5.41, 5.74) is 0. The molecule has 0 aliphatic carbocycles. The molecular weight excluding hydrogens is 927 g/mol. The quantitative estimate of drug-likeness (QED) is 0.0420. The molecule has 2 unspecified atom stereocenters. The van der Waals surface area contributed by atoms with Gasteiger partial charge in [0.2, 0.25) is 5.91 Å². The van der Waals surface area contributed by atoms with Crippen molar-refractivity contribution in [2.75, 3.05) is 6.61 Å². The molecule has 0 saturated heterocycles. The van der Waals surface area contributed by atoms with Crippen LogP contribution in [-0.2, 0) is 4.79 Å². The minimum Gasteiger partial charge on any atom is -0.394 e. The molecule has 3 N–H and O–H groups in total. The summed E-state index contributed by atoms with van der Waals surface area (Å²) in [6, 6.07) is -0.648. The molecular formula is C72H133NO3. The zero-order valence-corrected chi connectivity index (χ0v) is 51.3. The van der Waals surface area contributed by atoms with Gasteiger partial charge in [-0.15, -0.1) is 0 Å². The molecule has 0 fully saturated rings. The van der Waals surface area contributed by atoms with Crippen LogP contribution < -0.4 is 5.32 Å². The van der Waals surface area contributed by atoms with Gasteiger partial charge < -0.3 is 15.5 Å². The van der Waals surface area contributed by atoms with Gasteiger partial charge in [0.05, 0.1) is 18.8 Å². The Morgan fingerprint density at radius 1 is 0.316 bits per heavy atom. The van der Waals surface area contributed by atoms with Gasteiger partial charge in [-0.3, -0.25) is 4.79 Å². The molecule has 0 heterocycles. The first kappa shape index (κ1) is 73.8.